The maximum atomic E-state index is 12.1. The average Bonchev–Trinajstić information content (AvgIpc) is 3.22. The molecule has 1 aliphatic rings. The van der Waals surface area contributed by atoms with Crippen LogP contribution in [-0.2, 0) is 4.79 Å². The number of carboxylic acid groups (broad SMARTS) is 1. The Morgan fingerprint density at radius 2 is 1.81 bits per heavy atom. The molecule has 0 saturated heterocycles. The smallest absolute Gasteiger partial charge is 0.329 e. The molecule has 1 saturated carbocycles. The standard InChI is InChI=1S/C14H17N3O4/c1-14(12(19)20,9-4-5-9)17-11(18)8-2-6-10(7-3-8)16-13(15)21/h2-3,6-7,9H,4-5H2,1H3,(H,17,18)(H,19,20)(H3,15,16,21). The second-order valence-corrected chi connectivity index (χ2v) is 5.30. The minimum Gasteiger partial charge on any atom is -0.480 e. The largest absolute Gasteiger partial charge is 0.480 e. The minimum absolute atomic E-state index is 0.0326. The summed E-state index contributed by atoms with van der Waals surface area (Å²) >= 11 is 0. The molecule has 112 valence electrons. The van der Waals surface area contributed by atoms with Gasteiger partial charge >= 0.3 is 12.0 Å². The third kappa shape index (κ3) is 3.31. The highest BCUT2D eigenvalue weighted by Gasteiger charge is 2.48. The molecule has 1 atom stereocenters. The first kappa shape index (κ1) is 14.8. The highest BCUT2D eigenvalue weighted by molar-refractivity contribution is 5.98. The summed E-state index contributed by atoms with van der Waals surface area (Å²) in [5.74, 6) is -1.53. The van der Waals surface area contributed by atoms with Crippen molar-refractivity contribution in [2.24, 2.45) is 11.7 Å². The number of anilines is 1. The van der Waals surface area contributed by atoms with E-state index in [0.717, 1.165) is 12.8 Å². The maximum absolute atomic E-state index is 12.1. The van der Waals surface area contributed by atoms with Crippen LogP contribution in [0.15, 0.2) is 24.3 Å². The van der Waals surface area contributed by atoms with Gasteiger partial charge in [0.15, 0.2) is 0 Å². The Morgan fingerprint density at radius 1 is 1.24 bits per heavy atom. The second kappa shape index (κ2) is 5.43. The van der Waals surface area contributed by atoms with Crippen LogP contribution in [0.3, 0.4) is 0 Å². The van der Waals surface area contributed by atoms with Gasteiger partial charge in [-0.3, -0.25) is 4.79 Å². The van der Waals surface area contributed by atoms with Crippen molar-refractivity contribution in [3.05, 3.63) is 29.8 Å². The zero-order valence-corrected chi connectivity index (χ0v) is 11.6. The van der Waals surface area contributed by atoms with Crippen molar-refractivity contribution in [2.45, 2.75) is 25.3 Å². The molecule has 0 bridgehead atoms. The molecule has 7 heteroatoms. The fourth-order valence-electron chi connectivity index (χ4n) is 2.15. The number of hydrogen-bond acceptors (Lipinski definition) is 3. The SMILES string of the molecule is CC(NC(=O)c1ccc(NC(N)=O)cc1)(C(=O)O)C1CC1. The zero-order valence-electron chi connectivity index (χ0n) is 11.6. The van der Waals surface area contributed by atoms with Crippen LogP contribution >= 0.6 is 0 Å². The molecule has 0 aromatic heterocycles. The number of rotatable bonds is 5. The molecule has 0 spiro atoms. The highest BCUT2D eigenvalue weighted by Crippen LogP contribution is 2.39. The molecule has 3 amide bonds. The Hall–Kier alpha value is -2.57. The van der Waals surface area contributed by atoms with Crippen LogP contribution in [0, 0.1) is 5.92 Å². The topological polar surface area (TPSA) is 122 Å². The van der Waals surface area contributed by atoms with Crippen molar-refractivity contribution in [3.63, 3.8) is 0 Å². The molecular weight excluding hydrogens is 274 g/mol. The van der Waals surface area contributed by atoms with Gasteiger partial charge in [-0.15, -0.1) is 0 Å². The Balaban J connectivity index is 2.09. The van der Waals surface area contributed by atoms with E-state index in [9.17, 15) is 19.5 Å². The van der Waals surface area contributed by atoms with Gasteiger partial charge < -0.3 is 21.5 Å². The first-order chi connectivity index (χ1) is 9.83. The van der Waals surface area contributed by atoms with Crippen LogP contribution in [0.1, 0.15) is 30.1 Å². The molecule has 0 aliphatic heterocycles. The van der Waals surface area contributed by atoms with Crippen LogP contribution in [-0.4, -0.2) is 28.6 Å². The van der Waals surface area contributed by atoms with E-state index in [1.165, 1.54) is 31.2 Å². The van der Waals surface area contributed by atoms with Crippen LogP contribution in [0.4, 0.5) is 10.5 Å². The number of urea groups is 1. The Bertz CT molecular complexity index is 580. The van der Waals surface area contributed by atoms with Gasteiger partial charge in [-0.05, 0) is 49.9 Å². The first-order valence-electron chi connectivity index (χ1n) is 6.55. The summed E-state index contributed by atoms with van der Waals surface area (Å²) in [4.78, 5) is 34.2. The highest BCUT2D eigenvalue weighted by atomic mass is 16.4. The summed E-state index contributed by atoms with van der Waals surface area (Å²) in [6, 6.07) is 5.34. The molecule has 5 N–H and O–H groups in total. The summed E-state index contributed by atoms with van der Waals surface area (Å²) < 4.78 is 0. The fourth-order valence-corrected chi connectivity index (χ4v) is 2.15. The van der Waals surface area contributed by atoms with E-state index >= 15 is 0 Å². The average molecular weight is 291 g/mol. The number of carboxylic acids is 1. The minimum atomic E-state index is -1.25. The van der Waals surface area contributed by atoms with E-state index < -0.39 is 23.4 Å². The Morgan fingerprint density at radius 3 is 2.24 bits per heavy atom. The van der Waals surface area contributed by atoms with Crippen molar-refractivity contribution in [2.75, 3.05) is 5.32 Å². The lowest BCUT2D eigenvalue weighted by Crippen LogP contribution is -2.54. The maximum Gasteiger partial charge on any atom is 0.329 e. The van der Waals surface area contributed by atoms with Gasteiger partial charge in [0.2, 0.25) is 0 Å². The van der Waals surface area contributed by atoms with Crippen molar-refractivity contribution in [1.82, 2.24) is 5.32 Å². The predicted octanol–water partition coefficient (Wildman–Crippen LogP) is 1.16. The van der Waals surface area contributed by atoms with Gasteiger partial charge in [-0.1, -0.05) is 0 Å². The summed E-state index contributed by atoms with van der Waals surface area (Å²) in [5, 5.41) is 14.3. The molecular formula is C14H17N3O4. The van der Waals surface area contributed by atoms with Crippen molar-refractivity contribution < 1.29 is 19.5 Å². The third-order valence-corrected chi connectivity index (χ3v) is 3.63. The van der Waals surface area contributed by atoms with E-state index in [2.05, 4.69) is 10.6 Å². The first-order valence-corrected chi connectivity index (χ1v) is 6.55. The van der Waals surface area contributed by atoms with Gasteiger partial charge in [0, 0.05) is 11.3 Å². The molecule has 1 aromatic carbocycles. The summed E-state index contributed by atoms with van der Waals surface area (Å²) in [7, 11) is 0. The van der Waals surface area contributed by atoms with E-state index in [0.29, 0.717) is 11.3 Å². The number of nitrogens with one attached hydrogen (secondary N) is 2. The summed E-state index contributed by atoms with van der Waals surface area (Å²) in [6.07, 6.45) is 1.59. The van der Waals surface area contributed by atoms with Crippen LogP contribution < -0.4 is 16.4 Å². The van der Waals surface area contributed by atoms with Gasteiger partial charge in [0.1, 0.15) is 5.54 Å². The number of primary amides is 1. The Kier molecular flexibility index (Phi) is 3.84. The number of hydrogen-bond donors (Lipinski definition) is 4. The summed E-state index contributed by atoms with van der Waals surface area (Å²) in [5.41, 5.74) is 4.51. The van der Waals surface area contributed by atoms with E-state index in [1.54, 1.807) is 0 Å². The van der Waals surface area contributed by atoms with Crippen LogP contribution in [0.2, 0.25) is 0 Å². The zero-order chi connectivity index (χ0) is 15.6. The lowest BCUT2D eigenvalue weighted by atomic mass is 9.95. The van der Waals surface area contributed by atoms with E-state index in [-0.39, 0.29) is 5.92 Å². The number of carbonyl (C=O) groups is 3. The summed E-state index contributed by atoms with van der Waals surface area (Å²) in [6.45, 7) is 1.52. The number of aliphatic carboxylic acids is 1. The molecule has 0 heterocycles. The lowest BCUT2D eigenvalue weighted by molar-refractivity contribution is -0.144. The lowest BCUT2D eigenvalue weighted by Gasteiger charge is -2.26. The monoisotopic (exact) mass is 291 g/mol. The molecule has 1 fully saturated rings. The third-order valence-electron chi connectivity index (χ3n) is 3.63. The van der Waals surface area contributed by atoms with Gasteiger partial charge in [0.05, 0.1) is 0 Å². The van der Waals surface area contributed by atoms with Crippen molar-refractivity contribution in [3.8, 4) is 0 Å². The van der Waals surface area contributed by atoms with Gasteiger partial charge in [-0.2, -0.15) is 0 Å². The fraction of sp³-hybridized carbons (Fsp3) is 0.357. The Labute approximate surface area is 121 Å². The van der Waals surface area contributed by atoms with Crippen molar-refractivity contribution >= 4 is 23.6 Å². The normalized spacial score (nSPS) is 16.6. The van der Waals surface area contributed by atoms with E-state index in [1.807, 2.05) is 0 Å². The number of carbonyl (C=O) groups excluding carboxylic acids is 2. The van der Waals surface area contributed by atoms with Crippen LogP contribution in [0.5, 0.6) is 0 Å². The quantitative estimate of drug-likeness (QED) is 0.650. The molecule has 2 rings (SSSR count). The number of benzene rings is 1. The molecule has 21 heavy (non-hydrogen) atoms. The van der Waals surface area contributed by atoms with E-state index in [4.69, 9.17) is 5.73 Å². The van der Waals surface area contributed by atoms with Gasteiger partial charge in [-0.25, -0.2) is 9.59 Å². The molecule has 7 nitrogen and oxygen atoms in total. The molecule has 1 unspecified atom stereocenters. The number of nitrogens with two attached hydrogens (primary N) is 1. The second-order valence-electron chi connectivity index (χ2n) is 5.30. The number of amides is 3. The molecule has 1 aliphatic carbocycles. The van der Waals surface area contributed by atoms with Crippen LogP contribution in [0.25, 0.3) is 0 Å². The van der Waals surface area contributed by atoms with Gasteiger partial charge in [0.25, 0.3) is 5.91 Å². The molecule has 1 aromatic rings. The van der Waals surface area contributed by atoms with Crippen molar-refractivity contribution in [1.29, 1.82) is 0 Å². The molecule has 0 radical (unpaired) electrons. The predicted molar refractivity (Wildman–Crippen MR) is 75.9 cm³/mol.